The summed E-state index contributed by atoms with van der Waals surface area (Å²) in [6.07, 6.45) is -0.304. The average Bonchev–Trinajstić information content (AvgIpc) is 2.89. The van der Waals surface area contributed by atoms with Crippen molar-refractivity contribution in [3.8, 4) is 5.88 Å². The number of nitrogens with two attached hydrogens (primary N) is 1. The van der Waals surface area contributed by atoms with Crippen molar-refractivity contribution in [2.24, 2.45) is 11.1 Å². The molecule has 1 unspecified atom stereocenters. The normalized spacial score (nSPS) is 30.0. The summed E-state index contributed by atoms with van der Waals surface area (Å²) >= 11 is 0. The smallest absolute Gasteiger partial charge is 0.474 e. The van der Waals surface area contributed by atoms with Crippen molar-refractivity contribution in [3.05, 3.63) is 36.3 Å². The van der Waals surface area contributed by atoms with Crippen LogP contribution in [-0.2, 0) is 9.53 Å². The van der Waals surface area contributed by atoms with Gasteiger partial charge in [-0.3, -0.25) is 19.2 Å². The Balaban J connectivity index is 1.26. The van der Waals surface area contributed by atoms with Crippen LogP contribution < -0.4 is 15.8 Å². The summed E-state index contributed by atoms with van der Waals surface area (Å²) in [5, 5.41) is 2.87. The molecule has 11 heteroatoms. The number of nitrogens with zero attached hydrogens (tertiary/aromatic N) is 2. The number of halogens is 3. The van der Waals surface area contributed by atoms with E-state index in [4.69, 9.17) is 10.5 Å². The van der Waals surface area contributed by atoms with E-state index in [1.165, 1.54) is 6.20 Å². The minimum atomic E-state index is -4.71. The van der Waals surface area contributed by atoms with Crippen LogP contribution in [0.15, 0.2) is 30.7 Å². The van der Waals surface area contributed by atoms with Crippen LogP contribution in [0.1, 0.15) is 42.5 Å². The molecule has 1 aliphatic heterocycles. The predicted molar refractivity (Wildman–Crippen MR) is 101 cm³/mol. The Morgan fingerprint density at radius 3 is 2.71 bits per heavy atom. The molecule has 0 bridgehead atoms. The van der Waals surface area contributed by atoms with Gasteiger partial charge in [0.1, 0.15) is 23.5 Å². The number of ether oxygens (including phenoxy) is 2. The number of alkyl halides is 3. The second-order valence-electron chi connectivity index (χ2n) is 8.37. The van der Waals surface area contributed by atoms with Gasteiger partial charge in [-0.25, -0.2) is 4.98 Å². The van der Waals surface area contributed by atoms with Gasteiger partial charge in [-0.2, -0.15) is 0 Å². The molecule has 168 valence electrons. The zero-order valence-corrected chi connectivity index (χ0v) is 16.7. The molecular weight excluding hydrogens is 417 g/mol. The summed E-state index contributed by atoms with van der Waals surface area (Å²) in [6.45, 7) is 3.24. The van der Waals surface area contributed by atoms with E-state index in [9.17, 15) is 22.8 Å². The summed E-state index contributed by atoms with van der Waals surface area (Å²) in [5.41, 5.74) is 5.63. The Labute approximate surface area is 176 Å². The molecule has 0 radical (unpaired) electrons. The molecule has 0 aromatic carbocycles. The molecule has 1 aromatic heterocycles. The van der Waals surface area contributed by atoms with Gasteiger partial charge in [-0.15, -0.1) is 13.2 Å². The zero-order chi connectivity index (χ0) is 22.4. The first-order chi connectivity index (χ1) is 14.6. The number of amides is 2. The molecule has 4 rings (SSSR count). The number of primary amides is 1. The summed E-state index contributed by atoms with van der Waals surface area (Å²) in [7, 11) is 0. The topological polar surface area (TPSA) is 107 Å². The summed E-state index contributed by atoms with van der Waals surface area (Å²) in [5.74, 6) is -0.243. The zero-order valence-electron chi connectivity index (χ0n) is 16.7. The van der Waals surface area contributed by atoms with Gasteiger partial charge in [0, 0.05) is 18.7 Å². The highest BCUT2D eigenvalue weighted by Gasteiger charge is 2.57. The number of hydrogen-bond acceptors (Lipinski definition) is 6. The highest BCUT2D eigenvalue weighted by molar-refractivity contribution is 5.94. The van der Waals surface area contributed by atoms with Crippen molar-refractivity contribution >= 4 is 11.8 Å². The van der Waals surface area contributed by atoms with Gasteiger partial charge < -0.3 is 15.8 Å². The minimum Gasteiger partial charge on any atom is -0.474 e. The molecule has 1 aromatic rings. The van der Waals surface area contributed by atoms with Crippen LogP contribution in [0.25, 0.3) is 0 Å². The van der Waals surface area contributed by atoms with Gasteiger partial charge in [0.05, 0.1) is 6.61 Å². The van der Waals surface area contributed by atoms with E-state index in [1.807, 2.05) is 0 Å². The van der Waals surface area contributed by atoms with Crippen molar-refractivity contribution in [1.82, 2.24) is 15.2 Å². The van der Waals surface area contributed by atoms with E-state index in [0.717, 1.165) is 25.7 Å². The number of carbonyl (C=O) groups excluding carboxylic acids is 2. The van der Waals surface area contributed by atoms with Gasteiger partial charge in [0.15, 0.2) is 0 Å². The van der Waals surface area contributed by atoms with Crippen molar-refractivity contribution < 1.29 is 32.2 Å². The monoisotopic (exact) mass is 440 g/mol. The molecule has 1 spiro atoms. The van der Waals surface area contributed by atoms with Crippen molar-refractivity contribution in [1.29, 1.82) is 0 Å². The second-order valence-corrected chi connectivity index (χ2v) is 8.37. The van der Waals surface area contributed by atoms with Gasteiger partial charge >= 0.3 is 6.36 Å². The fourth-order valence-electron chi connectivity index (χ4n) is 4.80. The van der Waals surface area contributed by atoms with Crippen molar-refractivity contribution in [2.75, 3.05) is 6.61 Å². The minimum absolute atomic E-state index is 0.0435. The Kier molecular flexibility index (Phi) is 5.32. The fraction of sp³-hybridized carbons (Fsp3) is 0.550. The maximum Gasteiger partial charge on any atom is 0.522 e. The Hall–Kier alpha value is -2.82. The van der Waals surface area contributed by atoms with Crippen LogP contribution in [-0.4, -0.2) is 52.9 Å². The molecule has 2 amide bonds. The Morgan fingerprint density at radius 2 is 2.06 bits per heavy atom. The van der Waals surface area contributed by atoms with Crippen LogP contribution in [0.3, 0.4) is 0 Å². The quantitative estimate of drug-likeness (QED) is 0.672. The van der Waals surface area contributed by atoms with Gasteiger partial charge in [-0.05, 0) is 43.2 Å². The number of carbonyl (C=O) groups is 2. The maximum atomic E-state index is 12.6. The molecule has 1 saturated heterocycles. The van der Waals surface area contributed by atoms with E-state index in [-0.39, 0.29) is 41.3 Å². The highest BCUT2D eigenvalue weighted by Crippen LogP contribution is 2.58. The summed E-state index contributed by atoms with van der Waals surface area (Å²) in [6, 6.07) is 2.37. The number of hydrogen-bond donors (Lipinski definition) is 2. The van der Waals surface area contributed by atoms with E-state index in [2.05, 4.69) is 21.6 Å². The van der Waals surface area contributed by atoms with Gasteiger partial charge in [-0.1, -0.05) is 6.58 Å². The number of aromatic nitrogens is 1. The highest BCUT2D eigenvalue weighted by atomic mass is 19.4. The molecule has 3 fully saturated rings. The SMILES string of the molecule is C=C1NC(CCOC(F)(F)F)C(=O)N1C1CC2(CC(Oc3ncccc3C(N)=O)C2)C1. The fourth-order valence-corrected chi connectivity index (χ4v) is 4.80. The lowest BCUT2D eigenvalue weighted by molar-refractivity contribution is -0.324. The maximum absolute atomic E-state index is 12.6. The third kappa shape index (κ3) is 4.32. The molecule has 31 heavy (non-hydrogen) atoms. The molecule has 3 aliphatic rings. The Bertz CT molecular complexity index is 893. The van der Waals surface area contributed by atoms with Crippen molar-refractivity contribution in [2.45, 2.75) is 56.7 Å². The van der Waals surface area contributed by atoms with Crippen molar-refractivity contribution in [3.63, 3.8) is 0 Å². The van der Waals surface area contributed by atoms with Crippen LogP contribution in [0.5, 0.6) is 5.88 Å². The molecule has 2 heterocycles. The molecular formula is C20H23F3N4O4. The third-order valence-corrected chi connectivity index (χ3v) is 6.18. The largest absolute Gasteiger partial charge is 0.522 e. The average molecular weight is 440 g/mol. The Morgan fingerprint density at radius 1 is 1.35 bits per heavy atom. The van der Waals surface area contributed by atoms with Gasteiger partial charge in [0.25, 0.3) is 11.8 Å². The lowest BCUT2D eigenvalue weighted by Gasteiger charge is -2.58. The van der Waals surface area contributed by atoms with Crippen LogP contribution in [0.4, 0.5) is 13.2 Å². The first-order valence-corrected chi connectivity index (χ1v) is 9.98. The number of pyridine rings is 1. The third-order valence-electron chi connectivity index (χ3n) is 6.18. The lowest BCUT2D eigenvalue weighted by atomic mass is 9.52. The first kappa shape index (κ1) is 21.4. The van der Waals surface area contributed by atoms with Crippen LogP contribution >= 0.6 is 0 Å². The van der Waals surface area contributed by atoms with E-state index < -0.39 is 24.9 Å². The van der Waals surface area contributed by atoms with Crippen LogP contribution in [0.2, 0.25) is 0 Å². The van der Waals surface area contributed by atoms with E-state index in [0.29, 0.717) is 5.82 Å². The van der Waals surface area contributed by atoms with Crippen LogP contribution in [0, 0.1) is 5.41 Å². The standard InChI is InChI=1S/C20H23F3N4O4/c1-11-26-15(4-6-30-20(21,22)23)18(29)27(11)12-7-19(8-12)9-13(10-19)31-17-14(16(24)28)3-2-5-25-17/h2-3,5,12-13,15,26H,1,4,6-10H2,(H2,24,28). The lowest BCUT2D eigenvalue weighted by Crippen LogP contribution is -2.59. The van der Waals surface area contributed by atoms with Gasteiger partial charge in [0.2, 0.25) is 5.88 Å². The first-order valence-electron chi connectivity index (χ1n) is 9.98. The molecule has 2 saturated carbocycles. The number of rotatable bonds is 7. The second kappa shape index (κ2) is 7.70. The summed E-state index contributed by atoms with van der Waals surface area (Å²) in [4.78, 5) is 29.7. The molecule has 2 aliphatic carbocycles. The molecule has 1 atom stereocenters. The van der Waals surface area contributed by atoms with E-state index >= 15 is 0 Å². The van der Waals surface area contributed by atoms with E-state index in [1.54, 1.807) is 17.0 Å². The molecule has 8 nitrogen and oxygen atoms in total. The predicted octanol–water partition coefficient (Wildman–Crippen LogP) is 2.07. The summed E-state index contributed by atoms with van der Waals surface area (Å²) < 4.78 is 46.0. The molecule has 3 N–H and O–H groups in total. The number of nitrogens with one attached hydrogen (secondary N) is 1.